The van der Waals surface area contributed by atoms with Gasteiger partial charge in [-0.25, -0.2) is 0 Å². The van der Waals surface area contributed by atoms with Gasteiger partial charge in [-0.3, -0.25) is 4.79 Å². The van der Waals surface area contributed by atoms with Gasteiger partial charge >= 0.3 is 5.97 Å². The number of thiocarbonyl (C=S) groups is 1. The van der Waals surface area contributed by atoms with E-state index < -0.39 is 5.38 Å². The molecule has 5 heteroatoms. The smallest absolute Gasteiger partial charge is 0.305 e. The molecule has 0 N–H and O–H groups in total. The molecule has 0 rings (SSSR count). The molecule has 3 nitrogen and oxygen atoms in total. The molecule has 0 aliphatic heterocycles. The summed E-state index contributed by atoms with van der Waals surface area (Å²) < 4.78 is 9.65. The van der Waals surface area contributed by atoms with Crippen LogP contribution in [0.5, 0.6) is 0 Å². The van der Waals surface area contributed by atoms with Gasteiger partial charge in [-0.2, -0.15) is 0 Å². The van der Waals surface area contributed by atoms with E-state index in [4.69, 9.17) is 28.6 Å². The van der Waals surface area contributed by atoms with Gasteiger partial charge in [-0.15, -0.1) is 11.6 Å². The Kier molecular flexibility index (Phi) is 7.80. The number of methoxy groups -OCH3 is 1. The average molecular weight is 239 g/mol. The molecular formula is C9H15ClO3S. The van der Waals surface area contributed by atoms with E-state index in [0.717, 1.165) is 6.42 Å². The zero-order chi connectivity index (χ0) is 11.0. The second-order valence-electron chi connectivity index (χ2n) is 2.75. The van der Waals surface area contributed by atoms with E-state index in [1.54, 1.807) is 0 Å². The van der Waals surface area contributed by atoms with Crippen molar-refractivity contribution in [2.45, 2.75) is 31.6 Å². The summed E-state index contributed by atoms with van der Waals surface area (Å²) in [6.07, 6.45) is 1.61. The van der Waals surface area contributed by atoms with Gasteiger partial charge in [0.25, 0.3) is 0 Å². The van der Waals surface area contributed by atoms with Crippen LogP contribution in [0.4, 0.5) is 0 Å². The van der Waals surface area contributed by atoms with Crippen LogP contribution in [0.1, 0.15) is 26.2 Å². The predicted molar refractivity (Wildman–Crippen MR) is 59.7 cm³/mol. The van der Waals surface area contributed by atoms with Gasteiger partial charge in [0.2, 0.25) is 0 Å². The Labute approximate surface area is 94.7 Å². The number of esters is 1. The number of halogens is 1. The van der Waals surface area contributed by atoms with Crippen molar-refractivity contribution < 1.29 is 14.3 Å². The SMILES string of the molecule is CCCOC(=S)C(Cl)CCC(=O)OC. The molecule has 82 valence electrons. The highest BCUT2D eigenvalue weighted by Gasteiger charge is 2.14. The van der Waals surface area contributed by atoms with E-state index in [0.29, 0.717) is 18.1 Å². The summed E-state index contributed by atoms with van der Waals surface area (Å²) in [7, 11) is 1.34. The van der Waals surface area contributed by atoms with Crippen LogP contribution in [0.2, 0.25) is 0 Å². The molecule has 0 heterocycles. The normalized spacial score (nSPS) is 11.9. The van der Waals surface area contributed by atoms with E-state index in [1.165, 1.54) is 7.11 Å². The summed E-state index contributed by atoms with van der Waals surface area (Å²) >= 11 is 10.8. The lowest BCUT2D eigenvalue weighted by molar-refractivity contribution is -0.140. The van der Waals surface area contributed by atoms with Crippen LogP contribution in [0.3, 0.4) is 0 Å². The Bertz CT molecular complexity index is 196. The van der Waals surface area contributed by atoms with Crippen molar-refractivity contribution in [2.24, 2.45) is 0 Å². The quantitative estimate of drug-likeness (QED) is 0.404. The Morgan fingerprint density at radius 2 is 2.21 bits per heavy atom. The van der Waals surface area contributed by atoms with Crippen LogP contribution in [0.25, 0.3) is 0 Å². The molecule has 1 unspecified atom stereocenters. The lowest BCUT2D eigenvalue weighted by Gasteiger charge is -2.11. The van der Waals surface area contributed by atoms with Crippen molar-refractivity contribution in [1.29, 1.82) is 0 Å². The fraction of sp³-hybridized carbons (Fsp3) is 0.778. The molecule has 0 radical (unpaired) electrons. The molecule has 0 saturated heterocycles. The third-order valence-corrected chi connectivity index (χ3v) is 2.48. The largest absolute Gasteiger partial charge is 0.485 e. The highest BCUT2D eigenvalue weighted by Crippen LogP contribution is 2.10. The molecule has 0 aromatic heterocycles. The van der Waals surface area contributed by atoms with E-state index in [2.05, 4.69) is 4.74 Å². The van der Waals surface area contributed by atoms with Crippen molar-refractivity contribution in [1.82, 2.24) is 0 Å². The van der Waals surface area contributed by atoms with Crippen LogP contribution in [0.15, 0.2) is 0 Å². The van der Waals surface area contributed by atoms with Gasteiger partial charge in [-0.1, -0.05) is 6.92 Å². The van der Waals surface area contributed by atoms with E-state index in [1.807, 2.05) is 6.92 Å². The predicted octanol–water partition coefficient (Wildman–Crippen LogP) is 2.30. The molecule has 0 aliphatic carbocycles. The summed E-state index contributed by atoms with van der Waals surface area (Å²) in [6.45, 7) is 2.56. The first-order chi connectivity index (χ1) is 6.61. The summed E-state index contributed by atoms with van der Waals surface area (Å²) in [5, 5.41) is -0.0342. The second-order valence-corrected chi connectivity index (χ2v) is 3.68. The number of ether oxygens (including phenoxy) is 2. The highest BCUT2D eigenvalue weighted by molar-refractivity contribution is 7.80. The molecular weight excluding hydrogens is 224 g/mol. The lowest BCUT2D eigenvalue weighted by Crippen LogP contribution is -2.17. The standard InChI is InChI=1S/C9H15ClO3S/c1-3-6-13-9(14)7(10)4-5-8(11)12-2/h7H,3-6H2,1-2H3. The van der Waals surface area contributed by atoms with Crippen LogP contribution >= 0.6 is 23.8 Å². The zero-order valence-corrected chi connectivity index (χ0v) is 9.99. The maximum absolute atomic E-state index is 10.8. The number of hydrogen-bond donors (Lipinski definition) is 0. The third kappa shape index (κ3) is 6.16. The maximum atomic E-state index is 10.8. The molecule has 0 fully saturated rings. The zero-order valence-electron chi connectivity index (χ0n) is 8.42. The molecule has 0 bridgehead atoms. The molecule has 0 saturated carbocycles. The summed E-state index contributed by atoms with van der Waals surface area (Å²) in [5.41, 5.74) is 0. The lowest BCUT2D eigenvalue weighted by atomic mass is 10.2. The maximum Gasteiger partial charge on any atom is 0.305 e. The first-order valence-electron chi connectivity index (χ1n) is 4.49. The topological polar surface area (TPSA) is 35.5 Å². The summed E-state index contributed by atoms with van der Waals surface area (Å²) in [6, 6.07) is 0. The Balaban J connectivity index is 3.66. The number of rotatable bonds is 6. The molecule has 0 spiro atoms. The highest BCUT2D eigenvalue weighted by atomic mass is 35.5. The van der Waals surface area contributed by atoms with E-state index >= 15 is 0 Å². The Morgan fingerprint density at radius 1 is 1.57 bits per heavy atom. The minimum atomic E-state index is -0.393. The minimum absolute atomic E-state index is 0.264. The van der Waals surface area contributed by atoms with Gasteiger partial charge in [0, 0.05) is 6.42 Å². The van der Waals surface area contributed by atoms with Crippen LogP contribution < -0.4 is 0 Å². The van der Waals surface area contributed by atoms with Crippen LogP contribution in [-0.2, 0) is 14.3 Å². The molecule has 0 aliphatic rings. The number of hydrogen-bond acceptors (Lipinski definition) is 4. The molecule has 14 heavy (non-hydrogen) atoms. The second kappa shape index (κ2) is 8.00. The van der Waals surface area contributed by atoms with Crippen molar-refractivity contribution in [3.8, 4) is 0 Å². The van der Waals surface area contributed by atoms with Crippen molar-refractivity contribution in [2.75, 3.05) is 13.7 Å². The van der Waals surface area contributed by atoms with Gasteiger partial charge in [0.05, 0.1) is 13.7 Å². The fourth-order valence-corrected chi connectivity index (χ4v) is 1.13. The molecule has 0 aromatic rings. The minimum Gasteiger partial charge on any atom is -0.485 e. The van der Waals surface area contributed by atoms with Crippen LogP contribution in [0, 0.1) is 0 Å². The summed E-state index contributed by atoms with van der Waals surface area (Å²) in [4.78, 5) is 10.8. The molecule has 0 amide bonds. The number of alkyl halides is 1. The third-order valence-electron chi connectivity index (χ3n) is 1.53. The number of carbonyl (C=O) groups excluding carboxylic acids is 1. The Hall–Kier alpha value is -0.350. The van der Waals surface area contributed by atoms with Gasteiger partial charge in [0.15, 0.2) is 5.05 Å². The van der Waals surface area contributed by atoms with Gasteiger partial charge < -0.3 is 9.47 Å². The van der Waals surface area contributed by atoms with Crippen molar-refractivity contribution in [3.63, 3.8) is 0 Å². The van der Waals surface area contributed by atoms with Crippen LogP contribution in [-0.4, -0.2) is 30.1 Å². The van der Waals surface area contributed by atoms with Crippen molar-refractivity contribution >= 4 is 34.8 Å². The van der Waals surface area contributed by atoms with Crippen molar-refractivity contribution in [3.05, 3.63) is 0 Å². The average Bonchev–Trinajstić information content (AvgIpc) is 2.21. The summed E-state index contributed by atoms with van der Waals surface area (Å²) in [5.74, 6) is -0.283. The molecule has 0 aromatic carbocycles. The first kappa shape index (κ1) is 13.7. The first-order valence-corrected chi connectivity index (χ1v) is 5.33. The van der Waals surface area contributed by atoms with Gasteiger partial charge in [0.1, 0.15) is 5.38 Å². The van der Waals surface area contributed by atoms with E-state index in [-0.39, 0.29) is 12.4 Å². The molecule has 1 atom stereocenters. The monoisotopic (exact) mass is 238 g/mol. The fourth-order valence-electron chi connectivity index (χ4n) is 0.758. The number of carbonyl (C=O) groups is 1. The van der Waals surface area contributed by atoms with Gasteiger partial charge in [-0.05, 0) is 25.1 Å². The Morgan fingerprint density at radius 3 is 2.71 bits per heavy atom. The van der Waals surface area contributed by atoms with E-state index in [9.17, 15) is 4.79 Å².